The molecule has 0 fully saturated rings. The van der Waals surface area contributed by atoms with Crippen LogP contribution in [-0.2, 0) is 14.2 Å². The van der Waals surface area contributed by atoms with E-state index in [1.165, 1.54) is 27.8 Å². The number of methoxy groups -OCH3 is 3. The summed E-state index contributed by atoms with van der Waals surface area (Å²) in [6.07, 6.45) is -0.341. The van der Waals surface area contributed by atoms with Gasteiger partial charge in [0.15, 0.2) is 6.29 Å². The maximum absolute atomic E-state index is 5.54. The lowest BCUT2D eigenvalue weighted by Gasteiger charge is -2.27. The minimum absolute atomic E-state index is 0.0146. The molecule has 0 radical (unpaired) electrons. The van der Waals surface area contributed by atoms with Gasteiger partial charge in [0, 0.05) is 26.9 Å². The van der Waals surface area contributed by atoms with Crippen LogP contribution in [0.5, 0.6) is 0 Å². The number of benzene rings is 1. The number of hydrogen-bond donors (Lipinski definition) is 0. The lowest BCUT2D eigenvalue weighted by Crippen LogP contribution is -2.15. The molecule has 0 N–H and O–H groups in total. The van der Waals surface area contributed by atoms with Gasteiger partial charge in [-0.05, 0) is 62.4 Å². The Balaban J connectivity index is 3.65. The molecule has 0 aliphatic heterocycles. The van der Waals surface area contributed by atoms with Gasteiger partial charge in [-0.1, -0.05) is 0 Å². The average Bonchev–Trinajstić information content (AvgIpc) is 2.42. The molecule has 1 aromatic carbocycles. The SMILES string of the molecule is COC(C)c1c(C)c(C)c(C)c(C)c1C(OC)OC. The zero-order chi connectivity index (χ0) is 14.7. The van der Waals surface area contributed by atoms with Crippen molar-refractivity contribution in [3.8, 4) is 0 Å². The molecule has 1 unspecified atom stereocenters. The van der Waals surface area contributed by atoms with Gasteiger partial charge in [-0.25, -0.2) is 0 Å². The molecule has 0 spiro atoms. The van der Waals surface area contributed by atoms with E-state index in [0.717, 1.165) is 5.56 Å². The van der Waals surface area contributed by atoms with E-state index in [9.17, 15) is 0 Å². The van der Waals surface area contributed by atoms with E-state index in [2.05, 4.69) is 34.6 Å². The summed E-state index contributed by atoms with van der Waals surface area (Å²) in [6, 6.07) is 0. The third kappa shape index (κ3) is 2.83. The van der Waals surface area contributed by atoms with Crippen molar-refractivity contribution in [2.24, 2.45) is 0 Å². The molecule has 0 bridgehead atoms. The monoisotopic (exact) mass is 266 g/mol. The Labute approximate surface area is 116 Å². The second-order valence-corrected chi connectivity index (χ2v) is 5.01. The Bertz CT molecular complexity index is 448. The summed E-state index contributed by atoms with van der Waals surface area (Å²) in [7, 11) is 5.06. The first kappa shape index (κ1) is 16.2. The molecule has 19 heavy (non-hydrogen) atoms. The Morgan fingerprint density at radius 3 is 1.42 bits per heavy atom. The molecule has 1 aromatic rings. The Kier molecular flexibility index (Phi) is 5.53. The molecule has 1 atom stereocenters. The van der Waals surface area contributed by atoms with Crippen molar-refractivity contribution in [3.63, 3.8) is 0 Å². The molecule has 0 amide bonds. The molecule has 0 saturated heterocycles. The van der Waals surface area contributed by atoms with E-state index in [4.69, 9.17) is 14.2 Å². The van der Waals surface area contributed by atoms with Crippen molar-refractivity contribution in [3.05, 3.63) is 33.4 Å². The van der Waals surface area contributed by atoms with Crippen molar-refractivity contribution in [1.29, 1.82) is 0 Å². The van der Waals surface area contributed by atoms with Crippen LogP contribution in [-0.4, -0.2) is 21.3 Å². The smallest absolute Gasteiger partial charge is 0.183 e. The van der Waals surface area contributed by atoms with E-state index >= 15 is 0 Å². The minimum Gasteiger partial charge on any atom is -0.377 e. The van der Waals surface area contributed by atoms with Gasteiger partial charge in [-0.3, -0.25) is 0 Å². The standard InChI is InChI=1S/C16H26O3/c1-9-10(2)12(4)15(16(18-7)19-8)14(11(9)3)13(5)17-6/h13,16H,1-8H3. The van der Waals surface area contributed by atoms with Crippen LogP contribution in [0.3, 0.4) is 0 Å². The predicted octanol–water partition coefficient (Wildman–Crippen LogP) is 3.92. The molecule has 3 nitrogen and oxygen atoms in total. The van der Waals surface area contributed by atoms with E-state index in [1.807, 2.05) is 0 Å². The number of hydrogen-bond acceptors (Lipinski definition) is 3. The van der Waals surface area contributed by atoms with Crippen molar-refractivity contribution in [2.45, 2.75) is 47.0 Å². The van der Waals surface area contributed by atoms with Crippen molar-refractivity contribution in [1.82, 2.24) is 0 Å². The Morgan fingerprint density at radius 2 is 1.05 bits per heavy atom. The van der Waals surface area contributed by atoms with E-state index in [-0.39, 0.29) is 12.4 Å². The highest BCUT2D eigenvalue weighted by molar-refractivity contribution is 5.51. The van der Waals surface area contributed by atoms with Gasteiger partial charge in [-0.2, -0.15) is 0 Å². The van der Waals surface area contributed by atoms with Crippen LogP contribution in [0.15, 0.2) is 0 Å². The molecule has 0 heterocycles. The lowest BCUT2D eigenvalue weighted by atomic mass is 9.86. The maximum atomic E-state index is 5.54. The second-order valence-electron chi connectivity index (χ2n) is 5.01. The summed E-state index contributed by atoms with van der Waals surface area (Å²) in [6.45, 7) is 10.6. The summed E-state index contributed by atoms with van der Waals surface area (Å²) in [5.74, 6) is 0. The molecule has 0 aliphatic carbocycles. The van der Waals surface area contributed by atoms with Crippen LogP contribution in [0.1, 0.15) is 52.7 Å². The summed E-state index contributed by atoms with van der Waals surface area (Å²) < 4.78 is 16.5. The molecule has 0 aromatic heterocycles. The summed E-state index contributed by atoms with van der Waals surface area (Å²) >= 11 is 0. The van der Waals surface area contributed by atoms with Gasteiger partial charge in [0.2, 0.25) is 0 Å². The molecular formula is C16H26O3. The Hall–Kier alpha value is -0.900. The van der Waals surface area contributed by atoms with Crippen LogP contribution in [0.25, 0.3) is 0 Å². The highest BCUT2D eigenvalue weighted by atomic mass is 16.7. The van der Waals surface area contributed by atoms with Gasteiger partial charge < -0.3 is 14.2 Å². The molecule has 3 heteroatoms. The molecule has 0 aliphatic rings. The van der Waals surface area contributed by atoms with Gasteiger partial charge >= 0.3 is 0 Å². The predicted molar refractivity (Wildman–Crippen MR) is 77.6 cm³/mol. The van der Waals surface area contributed by atoms with E-state index in [1.54, 1.807) is 21.3 Å². The fraction of sp³-hybridized carbons (Fsp3) is 0.625. The zero-order valence-electron chi connectivity index (χ0n) is 13.4. The van der Waals surface area contributed by atoms with Crippen LogP contribution < -0.4 is 0 Å². The third-order valence-corrected chi connectivity index (χ3v) is 4.21. The van der Waals surface area contributed by atoms with Crippen LogP contribution in [0.4, 0.5) is 0 Å². The first-order chi connectivity index (χ1) is 8.90. The topological polar surface area (TPSA) is 27.7 Å². The highest BCUT2D eigenvalue weighted by Crippen LogP contribution is 2.37. The lowest BCUT2D eigenvalue weighted by molar-refractivity contribution is -0.107. The summed E-state index contributed by atoms with van der Waals surface area (Å²) in [5, 5.41) is 0. The van der Waals surface area contributed by atoms with Gasteiger partial charge in [0.25, 0.3) is 0 Å². The second kappa shape index (κ2) is 6.51. The Morgan fingerprint density at radius 1 is 0.632 bits per heavy atom. The first-order valence-electron chi connectivity index (χ1n) is 6.59. The summed E-state index contributed by atoms with van der Waals surface area (Å²) in [5.41, 5.74) is 7.35. The molecular weight excluding hydrogens is 240 g/mol. The van der Waals surface area contributed by atoms with Crippen molar-refractivity contribution in [2.75, 3.05) is 21.3 Å². The minimum atomic E-state index is -0.356. The van der Waals surface area contributed by atoms with Crippen LogP contribution in [0, 0.1) is 27.7 Å². The fourth-order valence-electron chi connectivity index (χ4n) is 2.65. The number of ether oxygens (including phenoxy) is 3. The van der Waals surface area contributed by atoms with Gasteiger partial charge in [-0.15, -0.1) is 0 Å². The first-order valence-corrected chi connectivity index (χ1v) is 6.59. The third-order valence-electron chi connectivity index (χ3n) is 4.21. The number of rotatable bonds is 5. The van der Waals surface area contributed by atoms with Crippen LogP contribution in [0.2, 0.25) is 0 Å². The zero-order valence-corrected chi connectivity index (χ0v) is 13.4. The fourth-order valence-corrected chi connectivity index (χ4v) is 2.65. The summed E-state index contributed by atoms with van der Waals surface area (Å²) in [4.78, 5) is 0. The molecule has 108 valence electrons. The maximum Gasteiger partial charge on any atom is 0.183 e. The molecule has 0 saturated carbocycles. The quantitative estimate of drug-likeness (QED) is 0.756. The van der Waals surface area contributed by atoms with Gasteiger partial charge in [0.1, 0.15) is 0 Å². The van der Waals surface area contributed by atoms with Crippen molar-refractivity contribution >= 4 is 0 Å². The van der Waals surface area contributed by atoms with Crippen LogP contribution >= 0.6 is 0 Å². The van der Waals surface area contributed by atoms with E-state index in [0.29, 0.717) is 0 Å². The van der Waals surface area contributed by atoms with Crippen molar-refractivity contribution < 1.29 is 14.2 Å². The van der Waals surface area contributed by atoms with E-state index < -0.39 is 0 Å². The normalized spacial score (nSPS) is 13.1. The largest absolute Gasteiger partial charge is 0.377 e. The van der Waals surface area contributed by atoms with Gasteiger partial charge in [0.05, 0.1) is 6.10 Å². The highest BCUT2D eigenvalue weighted by Gasteiger charge is 2.25. The average molecular weight is 266 g/mol. The molecule has 1 rings (SSSR count).